The van der Waals surface area contributed by atoms with Crippen LogP contribution in [0.4, 0.5) is 0 Å². The Morgan fingerprint density at radius 1 is 1.29 bits per heavy atom. The van der Waals surface area contributed by atoms with E-state index < -0.39 is 6.04 Å². The molecule has 0 aliphatic rings. The molecule has 21 heavy (non-hydrogen) atoms. The van der Waals surface area contributed by atoms with Gasteiger partial charge in [-0.3, -0.25) is 4.79 Å². The number of amides is 1. The highest BCUT2D eigenvalue weighted by molar-refractivity contribution is 5.82. The van der Waals surface area contributed by atoms with E-state index in [1.807, 2.05) is 32.9 Å². The first kappa shape index (κ1) is 15.6. The predicted octanol–water partition coefficient (Wildman–Crippen LogP) is 2.52. The second-order valence-corrected chi connectivity index (χ2v) is 6.56. The molecule has 1 unspecified atom stereocenters. The number of rotatable bonds is 5. The Labute approximate surface area is 126 Å². The van der Waals surface area contributed by atoms with E-state index in [2.05, 4.69) is 34.3 Å². The second-order valence-electron chi connectivity index (χ2n) is 6.56. The molecule has 1 heterocycles. The average molecular weight is 287 g/mol. The molecule has 4 heteroatoms. The van der Waals surface area contributed by atoms with Gasteiger partial charge in [0.1, 0.15) is 0 Å². The molecule has 2 rings (SSSR count). The summed E-state index contributed by atoms with van der Waals surface area (Å²) in [4.78, 5) is 11.9. The number of nitrogens with two attached hydrogens (primary N) is 1. The van der Waals surface area contributed by atoms with Gasteiger partial charge in [0.05, 0.1) is 6.04 Å². The normalized spacial score (nSPS) is 13.3. The summed E-state index contributed by atoms with van der Waals surface area (Å²) in [5, 5.41) is 4.17. The molecule has 0 aliphatic carbocycles. The lowest BCUT2D eigenvalue weighted by molar-refractivity contribution is -0.124. The Morgan fingerprint density at radius 3 is 2.71 bits per heavy atom. The monoisotopic (exact) mass is 287 g/mol. The molecule has 114 valence electrons. The highest BCUT2D eigenvalue weighted by atomic mass is 16.2. The Kier molecular flexibility index (Phi) is 4.68. The molecule has 3 N–H and O–H groups in total. The lowest BCUT2D eigenvalue weighted by Crippen LogP contribution is -2.48. The van der Waals surface area contributed by atoms with Crippen LogP contribution in [0.1, 0.15) is 27.2 Å². The molecule has 0 saturated carbocycles. The Hall–Kier alpha value is -1.81. The van der Waals surface area contributed by atoms with Crippen LogP contribution in [0.15, 0.2) is 36.5 Å². The van der Waals surface area contributed by atoms with E-state index in [1.54, 1.807) is 0 Å². The summed E-state index contributed by atoms with van der Waals surface area (Å²) in [6.45, 7) is 7.46. The van der Waals surface area contributed by atoms with E-state index in [0.29, 0.717) is 6.54 Å². The highest BCUT2D eigenvalue weighted by Crippen LogP contribution is 2.17. The predicted molar refractivity (Wildman–Crippen MR) is 87.0 cm³/mol. The van der Waals surface area contributed by atoms with Crippen molar-refractivity contribution in [3.05, 3.63) is 36.5 Å². The molecule has 1 atom stereocenters. The number of carbonyl (C=O) groups excluding carboxylic acids is 1. The first-order valence-electron chi connectivity index (χ1n) is 7.47. The van der Waals surface area contributed by atoms with Crippen molar-refractivity contribution < 1.29 is 4.79 Å². The number of aryl methyl sites for hydroxylation is 1. The number of aromatic nitrogens is 1. The van der Waals surface area contributed by atoms with E-state index in [4.69, 9.17) is 5.73 Å². The highest BCUT2D eigenvalue weighted by Gasteiger charge is 2.26. The quantitative estimate of drug-likeness (QED) is 0.830. The fourth-order valence-corrected chi connectivity index (χ4v) is 2.30. The Bertz CT molecular complexity index is 610. The zero-order valence-corrected chi connectivity index (χ0v) is 13.1. The fraction of sp³-hybridized carbons (Fsp3) is 0.471. The van der Waals surface area contributed by atoms with E-state index >= 15 is 0 Å². The van der Waals surface area contributed by atoms with E-state index in [9.17, 15) is 4.79 Å². The summed E-state index contributed by atoms with van der Waals surface area (Å²) in [6, 6.07) is 9.96. The number of nitrogens with one attached hydrogen (secondary N) is 1. The molecule has 2 aromatic rings. The minimum absolute atomic E-state index is 0.0696. The number of carbonyl (C=O) groups is 1. The van der Waals surface area contributed by atoms with Crippen molar-refractivity contribution >= 4 is 16.8 Å². The largest absolute Gasteiger partial charge is 0.355 e. The number of hydrogen-bond acceptors (Lipinski definition) is 2. The van der Waals surface area contributed by atoms with Crippen LogP contribution in [-0.2, 0) is 11.3 Å². The molecule has 0 radical (unpaired) electrons. The first-order valence-corrected chi connectivity index (χ1v) is 7.47. The van der Waals surface area contributed by atoms with Crippen LogP contribution in [0.25, 0.3) is 10.9 Å². The SMILES string of the molecule is CC(C)(C)C(N)C(=O)NCCCn1ccc2ccccc21. The number of fused-ring (bicyclic) bond motifs is 1. The molecule has 4 nitrogen and oxygen atoms in total. The van der Waals surface area contributed by atoms with Gasteiger partial charge < -0.3 is 15.6 Å². The van der Waals surface area contributed by atoms with Gasteiger partial charge >= 0.3 is 0 Å². The third kappa shape index (κ3) is 3.85. The lowest BCUT2D eigenvalue weighted by atomic mass is 9.87. The van der Waals surface area contributed by atoms with Crippen LogP contribution in [0.3, 0.4) is 0 Å². The Balaban J connectivity index is 1.81. The van der Waals surface area contributed by atoms with Crippen molar-refractivity contribution in [3.63, 3.8) is 0 Å². The van der Waals surface area contributed by atoms with Gasteiger partial charge in [0.2, 0.25) is 5.91 Å². The summed E-state index contributed by atoms with van der Waals surface area (Å²) >= 11 is 0. The van der Waals surface area contributed by atoms with Gasteiger partial charge in [0, 0.05) is 24.8 Å². The van der Waals surface area contributed by atoms with Gasteiger partial charge in [-0.15, -0.1) is 0 Å². The molecule has 0 fully saturated rings. The summed E-state index contributed by atoms with van der Waals surface area (Å²) in [5.41, 5.74) is 6.95. The van der Waals surface area contributed by atoms with Gasteiger partial charge in [-0.05, 0) is 29.4 Å². The van der Waals surface area contributed by atoms with Gasteiger partial charge in [0.25, 0.3) is 0 Å². The van der Waals surface area contributed by atoms with Gasteiger partial charge in [-0.1, -0.05) is 39.0 Å². The minimum atomic E-state index is -0.468. The Morgan fingerprint density at radius 2 is 2.00 bits per heavy atom. The molecule has 0 aliphatic heterocycles. The fourth-order valence-electron chi connectivity index (χ4n) is 2.30. The zero-order chi connectivity index (χ0) is 15.5. The average Bonchev–Trinajstić information content (AvgIpc) is 2.85. The summed E-state index contributed by atoms with van der Waals surface area (Å²) < 4.78 is 2.21. The maximum atomic E-state index is 11.9. The molecule has 1 aromatic carbocycles. The number of nitrogens with zero attached hydrogens (tertiary/aromatic N) is 1. The second kappa shape index (κ2) is 6.31. The molecule has 0 saturated heterocycles. The zero-order valence-electron chi connectivity index (χ0n) is 13.1. The molecule has 0 bridgehead atoms. The number of para-hydroxylation sites is 1. The first-order chi connectivity index (χ1) is 9.89. The maximum absolute atomic E-state index is 11.9. The number of hydrogen-bond donors (Lipinski definition) is 2. The molecule has 1 aromatic heterocycles. The van der Waals surface area contributed by atoms with Crippen LogP contribution >= 0.6 is 0 Å². The smallest absolute Gasteiger partial charge is 0.237 e. The molecular weight excluding hydrogens is 262 g/mol. The molecule has 1 amide bonds. The van der Waals surface area contributed by atoms with Crippen LogP contribution in [-0.4, -0.2) is 23.1 Å². The van der Waals surface area contributed by atoms with Crippen molar-refractivity contribution in [1.29, 1.82) is 0 Å². The van der Waals surface area contributed by atoms with Crippen LogP contribution in [0.5, 0.6) is 0 Å². The molecular formula is C17H25N3O. The van der Waals surface area contributed by atoms with Gasteiger partial charge in [0.15, 0.2) is 0 Å². The summed E-state index contributed by atoms with van der Waals surface area (Å²) in [5.74, 6) is -0.0696. The third-order valence-electron chi connectivity index (χ3n) is 3.77. The minimum Gasteiger partial charge on any atom is -0.355 e. The standard InChI is InChI=1S/C17H25N3O/c1-17(2,3)15(18)16(21)19-10-6-11-20-12-9-13-7-4-5-8-14(13)20/h4-5,7-9,12,15H,6,10-11,18H2,1-3H3,(H,19,21). The van der Waals surface area contributed by atoms with Gasteiger partial charge in [-0.25, -0.2) is 0 Å². The van der Waals surface area contributed by atoms with Crippen molar-refractivity contribution in [2.75, 3.05) is 6.54 Å². The van der Waals surface area contributed by atoms with E-state index in [0.717, 1.165) is 13.0 Å². The third-order valence-corrected chi connectivity index (χ3v) is 3.77. The molecule has 0 spiro atoms. The lowest BCUT2D eigenvalue weighted by Gasteiger charge is -2.25. The maximum Gasteiger partial charge on any atom is 0.237 e. The van der Waals surface area contributed by atoms with Crippen molar-refractivity contribution in [2.45, 2.75) is 39.8 Å². The van der Waals surface area contributed by atoms with Crippen LogP contribution in [0.2, 0.25) is 0 Å². The van der Waals surface area contributed by atoms with Crippen molar-refractivity contribution in [2.24, 2.45) is 11.1 Å². The topological polar surface area (TPSA) is 60.1 Å². The van der Waals surface area contributed by atoms with Crippen molar-refractivity contribution in [3.8, 4) is 0 Å². The number of benzene rings is 1. The summed E-state index contributed by atoms with van der Waals surface area (Å²) in [6.07, 6.45) is 2.98. The van der Waals surface area contributed by atoms with E-state index in [1.165, 1.54) is 10.9 Å². The summed E-state index contributed by atoms with van der Waals surface area (Å²) in [7, 11) is 0. The van der Waals surface area contributed by atoms with E-state index in [-0.39, 0.29) is 11.3 Å². The van der Waals surface area contributed by atoms with Crippen LogP contribution < -0.4 is 11.1 Å². The van der Waals surface area contributed by atoms with Gasteiger partial charge in [-0.2, -0.15) is 0 Å². The van der Waals surface area contributed by atoms with Crippen molar-refractivity contribution in [1.82, 2.24) is 9.88 Å². The van der Waals surface area contributed by atoms with Crippen LogP contribution in [0, 0.1) is 5.41 Å².